The van der Waals surface area contributed by atoms with Gasteiger partial charge >= 0.3 is 6.03 Å². The SMILES string of the molecule is CCNC1CCN(C(=O)N2CCOCC2)CC1C. The van der Waals surface area contributed by atoms with Gasteiger partial charge in [-0.2, -0.15) is 0 Å². The van der Waals surface area contributed by atoms with E-state index in [0.717, 1.165) is 39.1 Å². The standard InChI is InChI=1S/C13H25N3O2/c1-3-14-12-4-5-16(10-11(12)2)13(17)15-6-8-18-9-7-15/h11-12,14H,3-10H2,1-2H3. The van der Waals surface area contributed by atoms with Crippen molar-refractivity contribution in [1.82, 2.24) is 15.1 Å². The van der Waals surface area contributed by atoms with E-state index in [4.69, 9.17) is 4.74 Å². The second kappa shape index (κ2) is 6.38. The van der Waals surface area contributed by atoms with Gasteiger partial charge in [-0.15, -0.1) is 0 Å². The highest BCUT2D eigenvalue weighted by Crippen LogP contribution is 2.18. The van der Waals surface area contributed by atoms with Crippen LogP contribution < -0.4 is 5.32 Å². The molecule has 2 amide bonds. The molecule has 0 aromatic heterocycles. The summed E-state index contributed by atoms with van der Waals surface area (Å²) < 4.78 is 5.28. The number of nitrogens with zero attached hydrogens (tertiary/aromatic N) is 2. The third kappa shape index (κ3) is 3.14. The summed E-state index contributed by atoms with van der Waals surface area (Å²) in [6, 6.07) is 0.754. The molecular weight excluding hydrogens is 230 g/mol. The predicted molar refractivity (Wildman–Crippen MR) is 70.6 cm³/mol. The lowest BCUT2D eigenvalue weighted by molar-refractivity contribution is 0.0379. The molecule has 0 aliphatic carbocycles. The van der Waals surface area contributed by atoms with Gasteiger partial charge in [-0.3, -0.25) is 0 Å². The molecule has 18 heavy (non-hydrogen) atoms. The van der Waals surface area contributed by atoms with Crippen LogP contribution in [0.4, 0.5) is 4.79 Å². The fraction of sp³-hybridized carbons (Fsp3) is 0.923. The monoisotopic (exact) mass is 255 g/mol. The topological polar surface area (TPSA) is 44.8 Å². The molecule has 2 aliphatic heterocycles. The van der Waals surface area contributed by atoms with Crippen LogP contribution >= 0.6 is 0 Å². The molecule has 2 atom stereocenters. The first-order valence-corrected chi connectivity index (χ1v) is 7.07. The molecule has 0 spiro atoms. The largest absolute Gasteiger partial charge is 0.378 e. The Morgan fingerprint density at radius 1 is 1.28 bits per heavy atom. The minimum absolute atomic E-state index is 0.195. The third-order valence-corrected chi connectivity index (χ3v) is 3.92. The van der Waals surface area contributed by atoms with Crippen LogP contribution in [0.25, 0.3) is 0 Å². The average molecular weight is 255 g/mol. The van der Waals surface area contributed by atoms with Gasteiger partial charge in [0.25, 0.3) is 0 Å². The van der Waals surface area contributed by atoms with E-state index in [1.165, 1.54) is 0 Å². The van der Waals surface area contributed by atoms with Crippen LogP contribution in [-0.4, -0.2) is 67.8 Å². The first-order valence-electron chi connectivity index (χ1n) is 7.07. The Morgan fingerprint density at radius 2 is 2.00 bits per heavy atom. The van der Waals surface area contributed by atoms with Gasteiger partial charge in [0.1, 0.15) is 0 Å². The first-order chi connectivity index (χ1) is 8.72. The minimum Gasteiger partial charge on any atom is -0.378 e. The minimum atomic E-state index is 0.195. The van der Waals surface area contributed by atoms with Crippen LogP contribution in [0, 0.1) is 5.92 Å². The average Bonchev–Trinajstić information content (AvgIpc) is 2.41. The Kier molecular flexibility index (Phi) is 4.83. The van der Waals surface area contributed by atoms with E-state index in [9.17, 15) is 4.79 Å². The lowest BCUT2D eigenvalue weighted by atomic mass is 9.94. The quantitative estimate of drug-likeness (QED) is 0.792. The van der Waals surface area contributed by atoms with E-state index < -0.39 is 0 Å². The van der Waals surface area contributed by atoms with Crippen LogP contribution in [-0.2, 0) is 4.74 Å². The summed E-state index contributed by atoms with van der Waals surface area (Å²) in [6.45, 7) is 9.94. The van der Waals surface area contributed by atoms with Crippen molar-refractivity contribution in [1.29, 1.82) is 0 Å². The Labute approximate surface area is 109 Å². The molecule has 2 fully saturated rings. The zero-order valence-electron chi connectivity index (χ0n) is 11.5. The number of ether oxygens (including phenoxy) is 1. The van der Waals surface area contributed by atoms with Crippen molar-refractivity contribution in [3.63, 3.8) is 0 Å². The molecule has 0 bridgehead atoms. The van der Waals surface area contributed by atoms with Crippen LogP contribution in [0.15, 0.2) is 0 Å². The molecule has 1 N–H and O–H groups in total. The van der Waals surface area contributed by atoms with Gasteiger partial charge in [-0.25, -0.2) is 4.79 Å². The van der Waals surface area contributed by atoms with Gasteiger partial charge in [0, 0.05) is 32.2 Å². The van der Waals surface area contributed by atoms with Crippen LogP contribution in [0.5, 0.6) is 0 Å². The van der Waals surface area contributed by atoms with Gasteiger partial charge in [0.05, 0.1) is 13.2 Å². The van der Waals surface area contributed by atoms with Crippen LogP contribution in [0.2, 0.25) is 0 Å². The van der Waals surface area contributed by atoms with Gasteiger partial charge in [0.15, 0.2) is 0 Å². The number of nitrogens with one attached hydrogen (secondary N) is 1. The maximum absolute atomic E-state index is 12.3. The van der Waals surface area contributed by atoms with Crippen molar-refractivity contribution in [2.75, 3.05) is 45.9 Å². The Balaban J connectivity index is 1.85. The number of hydrogen-bond acceptors (Lipinski definition) is 3. The molecule has 5 heteroatoms. The summed E-state index contributed by atoms with van der Waals surface area (Å²) in [5.41, 5.74) is 0. The molecule has 2 aliphatic rings. The first kappa shape index (κ1) is 13.6. The van der Waals surface area contributed by atoms with Gasteiger partial charge in [-0.05, 0) is 18.9 Å². The second-order valence-corrected chi connectivity index (χ2v) is 5.26. The van der Waals surface area contributed by atoms with Gasteiger partial charge < -0.3 is 19.9 Å². The third-order valence-electron chi connectivity index (χ3n) is 3.92. The molecule has 2 rings (SSSR count). The molecule has 0 aromatic rings. The number of piperidine rings is 1. The summed E-state index contributed by atoms with van der Waals surface area (Å²) in [5.74, 6) is 0.531. The molecule has 0 radical (unpaired) electrons. The van der Waals surface area contributed by atoms with Gasteiger partial charge in [0.2, 0.25) is 0 Å². The summed E-state index contributed by atoms with van der Waals surface area (Å²) in [6.07, 6.45) is 1.06. The van der Waals surface area contributed by atoms with Crippen LogP contribution in [0.1, 0.15) is 20.3 Å². The summed E-state index contributed by atoms with van der Waals surface area (Å²) in [7, 11) is 0. The Morgan fingerprint density at radius 3 is 2.61 bits per heavy atom. The number of morpholine rings is 1. The number of rotatable bonds is 2. The highest BCUT2D eigenvalue weighted by Gasteiger charge is 2.30. The molecular formula is C13H25N3O2. The zero-order chi connectivity index (χ0) is 13.0. The predicted octanol–water partition coefficient (Wildman–Crippen LogP) is 0.759. The molecule has 2 saturated heterocycles. The molecule has 0 saturated carbocycles. The van der Waals surface area contributed by atoms with E-state index >= 15 is 0 Å². The molecule has 2 heterocycles. The normalized spacial score (nSPS) is 29.4. The van der Waals surface area contributed by atoms with Crippen molar-refractivity contribution >= 4 is 6.03 Å². The number of likely N-dealkylation sites (tertiary alicyclic amines) is 1. The van der Waals surface area contributed by atoms with Crippen molar-refractivity contribution in [2.24, 2.45) is 5.92 Å². The fourth-order valence-electron chi connectivity index (χ4n) is 2.84. The molecule has 2 unspecified atom stereocenters. The van der Waals surface area contributed by atoms with Crippen molar-refractivity contribution < 1.29 is 9.53 Å². The molecule has 0 aromatic carbocycles. The number of urea groups is 1. The maximum atomic E-state index is 12.3. The van der Waals surface area contributed by atoms with Crippen molar-refractivity contribution in [3.8, 4) is 0 Å². The van der Waals surface area contributed by atoms with E-state index in [1.807, 2.05) is 9.80 Å². The Hall–Kier alpha value is -0.810. The summed E-state index contributed by atoms with van der Waals surface area (Å²) in [5, 5.41) is 3.50. The summed E-state index contributed by atoms with van der Waals surface area (Å²) >= 11 is 0. The molecule has 104 valence electrons. The van der Waals surface area contributed by atoms with E-state index in [-0.39, 0.29) is 6.03 Å². The number of carbonyl (C=O) groups excluding carboxylic acids is 1. The highest BCUT2D eigenvalue weighted by atomic mass is 16.5. The number of carbonyl (C=O) groups is 1. The lowest BCUT2D eigenvalue weighted by Crippen LogP contribution is -2.55. The van der Waals surface area contributed by atoms with Crippen molar-refractivity contribution in [2.45, 2.75) is 26.3 Å². The van der Waals surface area contributed by atoms with E-state index in [2.05, 4.69) is 19.2 Å². The van der Waals surface area contributed by atoms with Crippen LogP contribution in [0.3, 0.4) is 0 Å². The van der Waals surface area contributed by atoms with E-state index in [1.54, 1.807) is 0 Å². The highest BCUT2D eigenvalue weighted by molar-refractivity contribution is 5.74. The Bertz CT molecular complexity index is 279. The van der Waals surface area contributed by atoms with Crippen molar-refractivity contribution in [3.05, 3.63) is 0 Å². The molecule has 5 nitrogen and oxygen atoms in total. The lowest BCUT2D eigenvalue weighted by Gasteiger charge is -2.40. The summed E-state index contributed by atoms with van der Waals surface area (Å²) in [4.78, 5) is 16.3. The number of hydrogen-bond donors (Lipinski definition) is 1. The van der Waals surface area contributed by atoms with Gasteiger partial charge in [-0.1, -0.05) is 13.8 Å². The maximum Gasteiger partial charge on any atom is 0.320 e. The zero-order valence-corrected chi connectivity index (χ0v) is 11.5. The van der Waals surface area contributed by atoms with E-state index in [0.29, 0.717) is 25.2 Å². The smallest absolute Gasteiger partial charge is 0.320 e. The second-order valence-electron chi connectivity index (χ2n) is 5.26. The number of amides is 2. The fourth-order valence-corrected chi connectivity index (χ4v) is 2.84.